The predicted molar refractivity (Wildman–Crippen MR) is 70.6 cm³/mol. The van der Waals surface area contributed by atoms with Crippen molar-refractivity contribution in [1.82, 2.24) is 9.78 Å². The van der Waals surface area contributed by atoms with Gasteiger partial charge in [-0.3, -0.25) is 9.48 Å². The zero-order valence-corrected chi connectivity index (χ0v) is 12.0. The fourth-order valence-electron chi connectivity index (χ4n) is 1.82. The van der Waals surface area contributed by atoms with Gasteiger partial charge in [0.05, 0.1) is 23.5 Å². The summed E-state index contributed by atoms with van der Waals surface area (Å²) in [5.74, 6) is -0.395. The Kier molecular flexibility index (Phi) is 4.76. The first-order valence-corrected chi connectivity index (χ1v) is 6.24. The van der Waals surface area contributed by atoms with E-state index in [1.807, 2.05) is 18.5 Å². The van der Waals surface area contributed by atoms with Gasteiger partial charge in [0.25, 0.3) is 0 Å². The molecule has 2 N–H and O–H groups in total. The molecule has 0 saturated carbocycles. The van der Waals surface area contributed by atoms with Crippen LogP contribution in [0.2, 0.25) is 5.02 Å². The number of ether oxygens (including phenoxy) is 1. The van der Waals surface area contributed by atoms with Gasteiger partial charge in [0.2, 0.25) is 0 Å². The van der Waals surface area contributed by atoms with Crippen LogP contribution in [0.25, 0.3) is 0 Å². The molecular weight excluding hydrogens is 254 g/mol. The van der Waals surface area contributed by atoms with Crippen LogP contribution in [0, 0.1) is 13.8 Å². The first kappa shape index (κ1) is 15.0. The monoisotopic (exact) mass is 273 g/mol. The Morgan fingerprint density at radius 3 is 2.61 bits per heavy atom. The molecule has 0 aliphatic heterocycles. The number of hydrogen-bond acceptors (Lipinski definition) is 4. The van der Waals surface area contributed by atoms with Crippen molar-refractivity contribution in [3.05, 3.63) is 16.4 Å². The Morgan fingerprint density at radius 2 is 2.17 bits per heavy atom. The van der Waals surface area contributed by atoms with Crippen molar-refractivity contribution in [1.29, 1.82) is 0 Å². The average molecular weight is 274 g/mol. The number of nitrogens with zero attached hydrogens (tertiary/aromatic N) is 2. The molecule has 5 nitrogen and oxygen atoms in total. The second-order valence-electron chi connectivity index (χ2n) is 4.72. The average Bonchev–Trinajstić information content (AvgIpc) is 2.56. The summed E-state index contributed by atoms with van der Waals surface area (Å²) >= 11 is 6.06. The molecule has 1 aromatic rings. The summed E-state index contributed by atoms with van der Waals surface area (Å²) in [6, 6.07) is 0. The molecule has 1 atom stereocenters. The van der Waals surface area contributed by atoms with Crippen molar-refractivity contribution in [2.45, 2.75) is 45.7 Å². The van der Waals surface area contributed by atoms with E-state index in [0.29, 0.717) is 18.0 Å². The minimum absolute atomic E-state index is 0.395. The first-order valence-electron chi connectivity index (χ1n) is 5.86. The molecule has 0 bridgehead atoms. The molecule has 0 aliphatic rings. The van der Waals surface area contributed by atoms with E-state index in [9.17, 15) is 4.79 Å². The Bertz CT molecular complexity index is 441. The largest absolute Gasteiger partial charge is 0.468 e. The molecule has 0 saturated heterocycles. The van der Waals surface area contributed by atoms with Crippen molar-refractivity contribution >= 4 is 17.6 Å². The van der Waals surface area contributed by atoms with E-state index in [1.165, 1.54) is 7.11 Å². The van der Waals surface area contributed by atoms with Gasteiger partial charge < -0.3 is 10.5 Å². The SMILES string of the molecule is COC(=O)C(C)(N)CCCn1nc(C)c(Cl)c1C. The van der Waals surface area contributed by atoms with Gasteiger partial charge in [-0.1, -0.05) is 11.6 Å². The van der Waals surface area contributed by atoms with Crippen LogP contribution in [0.5, 0.6) is 0 Å². The third-order valence-corrected chi connectivity index (χ3v) is 3.56. The van der Waals surface area contributed by atoms with Gasteiger partial charge in [0.1, 0.15) is 5.54 Å². The molecule has 0 amide bonds. The maximum atomic E-state index is 11.4. The topological polar surface area (TPSA) is 70.1 Å². The van der Waals surface area contributed by atoms with Gasteiger partial charge in [0.15, 0.2) is 0 Å². The molecule has 6 heteroatoms. The van der Waals surface area contributed by atoms with Crippen LogP contribution < -0.4 is 5.73 Å². The Hall–Kier alpha value is -1.07. The van der Waals surface area contributed by atoms with Crippen molar-refractivity contribution in [2.75, 3.05) is 7.11 Å². The van der Waals surface area contributed by atoms with Crippen LogP contribution in [0.15, 0.2) is 0 Å². The van der Waals surface area contributed by atoms with Crippen molar-refractivity contribution in [3.63, 3.8) is 0 Å². The number of methoxy groups -OCH3 is 1. The number of aromatic nitrogens is 2. The van der Waals surface area contributed by atoms with E-state index in [4.69, 9.17) is 17.3 Å². The van der Waals surface area contributed by atoms with Crippen LogP contribution in [0.3, 0.4) is 0 Å². The van der Waals surface area contributed by atoms with Crippen LogP contribution in [-0.4, -0.2) is 28.4 Å². The highest BCUT2D eigenvalue weighted by Gasteiger charge is 2.28. The quantitative estimate of drug-likeness (QED) is 0.831. The van der Waals surface area contributed by atoms with Gasteiger partial charge in [-0.25, -0.2) is 0 Å². The van der Waals surface area contributed by atoms with Crippen molar-refractivity contribution in [2.24, 2.45) is 5.73 Å². The smallest absolute Gasteiger partial charge is 0.325 e. The maximum Gasteiger partial charge on any atom is 0.325 e. The van der Waals surface area contributed by atoms with Gasteiger partial charge >= 0.3 is 5.97 Å². The minimum atomic E-state index is -0.950. The van der Waals surface area contributed by atoms with Gasteiger partial charge in [-0.15, -0.1) is 0 Å². The second kappa shape index (κ2) is 5.71. The minimum Gasteiger partial charge on any atom is -0.468 e. The normalized spacial score (nSPS) is 14.3. The maximum absolute atomic E-state index is 11.4. The Morgan fingerprint density at radius 1 is 1.56 bits per heavy atom. The first-order chi connectivity index (χ1) is 8.29. The number of rotatable bonds is 5. The molecule has 1 rings (SSSR count). The lowest BCUT2D eigenvalue weighted by Crippen LogP contribution is -2.45. The van der Waals surface area contributed by atoms with E-state index in [0.717, 1.165) is 17.8 Å². The summed E-state index contributed by atoms with van der Waals surface area (Å²) in [6.07, 6.45) is 1.27. The highest BCUT2D eigenvalue weighted by Crippen LogP contribution is 2.20. The number of nitrogens with two attached hydrogens (primary N) is 1. The summed E-state index contributed by atoms with van der Waals surface area (Å²) in [7, 11) is 1.34. The van der Waals surface area contributed by atoms with Crippen LogP contribution in [-0.2, 0) is 16.1 Å². The number of hydrogen-bond donors (Lipinski definition) is 1. The molecule has 0 aliphatic carbocycles. The molecule has 0 radical (unpaired) electrons. The molecule has 18 heavy (non-hydrogen) atoms. The fourth-order valence-corrected chi connectivity index (χ4v) is 1.96. The van der Waals surface area contributed by atoms with Crippen LogP contribution >= 0.6 is 11.6 Å². The number of carbonyl (C=O) groups is 1. The van der Waals surface area contributed by atoms with Crippen LogP contribution in [0.1, 0.15) is 31.2 Å². The van der Waals surface area contributed by atoms with Gasteiger partial charge in [0, 0.05) is 6.54 Å². The second-order valence-corrected chi connectivity index (χ2v) is 5.10. The Labute approximate surface area is 112 Å². The lowest BCUT2D eigenvalue weighted by atomic mass is 9.97. The fraction of sp³-hybridized carbons (Fsp3) is 0.667. The summed E-state index contributed by atoms with van der Waals surface area (Å²) in [6.45, 7) is 6.15. The van der Waals surface area contributed by atoms with E-state index in [2.05, 4.69) is 9.84 Å². The third kappa shape index (κ3) is 3.23. The highest BCUT2D eigenvalue weighted by molar-refractivity contribution is 6.31. The van der Waals surface area contributed by atoms with E-state index < -0.39 is 11.5 Å². The summed E-state index contributed by atoms with van der Waals surface area (Å²) in [5, 5.41) is 5.02. The Balaban J connectivity index is 2.57. The van der Waals surface area contributed by atoms with Gasteiger partial charge in [-0.2, -0.15) is 5.10 Å². The number of esters is 1. The zero-order chi connectivity index (χ0) is 13.9. The summed E-state index contributed by atoms with van der Waals surface area (Å²) < 4.78 is 6.50. The lowest BCUT2D eigenvalue weighted by Gasteiger charge is -2.21. The standard InChI is InChI=1S/C12H20ClN3O2/c1-8-10(13)9(2)16(15-8)7-5-6-12(3,14)11(17)18-4/h5-7,14H2,1-4H3. The van der Waals surface area contributed by atoms with Crippen LogP contribution in [0.4, 0.5) is 0 Å². The number of carbonyl (C=O) groups excluding carboxylic acids is 1. The molecule has 102 valence electrons. The highest BCUT2D eigenvalue weighted by atomic mass is 35.5. The molecule has 1 heterocycles. The van der Waals surface area contributed by atoms with Gasteiger partial charge in [-0.05, 0) is 33.6 Å². The molecule has 0 fully saturated rings. The van der Waals surface area contributed by atoms with Crippen molar-refractivity contribution < 1.29 is 9.53 Å². The summed E-state index contributed by atoms with van der Waals surface area (Å²) in [5.41, 5.74) is 6.68. The van der Waals surface area contributed by atoms with E-state index in [-0.39, 0.29) is 0 Å². The third-order valence-electron chi connectivity index (χ3n) is 3.01. The molecule has 0 aromatic carbocycles. The van der Waals surface area contributed by atoms with Crippen molar-refractivity contribution in [3.8, 4) is 0 Å². The molecule has 1 aromatic heterocycles. The number of halogens is 1. The predicted octanol–water partition coefficient (Wildman–Crippen LogP) is 1.82. The summed E-state index contributed by atoms with van der Waals surface area (Å²) in [4.78, 5) is 11.4. The zero-order valence-electron chi connectivity index (χ0n) is 11.3. The van der Waals surface area contributed by atoms with E-state index >= 15 is 0 Å². The molecule has 0 spiro atoms. The lowest BCUT2D eigenvalue weighted by molar-refractivity contribution is -0.146. The molecule has 1 unspecified atom stereocenters. The van der Waals surface area contributed by atoms with E-state index in [1.54, 1.807) is 6.92 Å². The number of aryl methyl sites for hydroxylation is 2. The molecular formula is C12H20ClN3O2.